The van der Waals surface area contributed by atoms with Crippen LogP contribution in [-0.4, -0.2) is 18.9 Å². The van der Waals surface area contributed by atoms with Gasteiger partial charge in [-0.3, -0.25) is 4.79 Å². The second-order valence-electron chi connectivity index (χ2n) is 4.87. The minimum Gasteiger partial charge on any atom is -0.317 e. The number of rotatable bonds is 9. The Morgan fingerprint density at radius 2 is 1.73 bits per heavy atom. The smallest absolute Gasteiger partial charge is 0.138 e. The Kier molecular flexibility index (Phi) is 7.67. The predicted molar refractivity (Wildman–Crippen MR) is 66.1 cm³/mol. The van der Waals surface area contributed by atoms with E-state index in [2.05, 4.69) is 19.2 Å². The SMILES string of the molecule is CCCCNCCCC(=O)C(C)(C)CC. The molecule has 0 aromatic carbocycles. The first-order valence-corrected chi connectivity index (χ1v) is 6.28. The Morgan fingerprint density at radius 3 is 2.27 bits per heavy atom. The van der Waals surface area contributed by atoms with E-state index in [9.17, 15) is 4.79 Å². The molecule has 15 heavy (non-hydrogen) atoms. The van der Waals surface area contributed by atoms with E-state index in [1.165, 1.54) is 12.8 Å². The third-order valence-electron chi connectivity index (χ3n) is 3.10. The van der Waals surface area contributed by atoms with Crippen LogP contribution in [0.5, 0.6) is 0 Å². The van der Waals surface area contributed by atoms with Gasteiger partial charge in [0.1, 0.15) is 5.78 Å². The summed E-state index contributed by atoms with van der Waals surface area (Å²) in [5.41, 5.74) is -0.122. The zero-order chi connectivity index (χ0) is 11.7. The monoisotopic (exact) mass is 213 g/mol. The fourth-order valence-electron chi connectivity index (χ4n) is 1.34. The van der Waals surface area contributed by atoms with Gasteiger partial charge in [-0.15, -0.1) is 0 Å². The van der Waals surface area contributed by atoms with Gasteiger partial charge >= 0.3 is 0 Å². The van der Waals surface area contributed by atoms with E-state index in [4.69, 9.17) is 0 Å². The lowest BCUT2D eigenvalue weighted by Crippen LogP contribution is -2.25. The number of carbonyl (C=O) groups is 1. The standard InChI is InChI=1S/C13H27NO/c1-5-7-10-14-11-8-9-12(15)13(3,4)6-2/h14H,5-11H2,1-4H3. The average molecular weight is 213 g/mol. The van der Waals surface area contributed by atoms with Gasteiger partial charge in [0, 0.05) is 11.8 Å². The highest BCUT2D eigenvalue weighted by Gasteiger charge is 2.23. The van der Waals surface area contributed by atoms with Crippen molar-refractivity contribution in [2.24, 2.45) is 5.41 Å². The first-order chi connectivity index (χ1) is 7.04. The molecular formula is C13H27NO. The summed E-state index contributed by atoms with van der Waals surface area (Å²) in [7, 11) is 0. The molecule has 0 bridgehead atoms. The van der Waals surface area contributed by atoms with E-state index in [0.29, 0.717) is 5.78 Å². The summed E-state index contributed by atoms with van der Waals surface area (Å²) < 4.78 is 0. The van der Waals surface area contributed by atoms with Crippen molar-refractivity contribution in [1.29, 1.82) is 0 Å². The van der Waals surface area contributed by atoms with Crippen molar-refractivity contribution in [2.75, 3.05) is 13.1 Å². The molecule has 0 spiro atoms. The van der Waals surface area contributed by atoms with Gasteiger partial charge in [-0.1, -0.05) is 34.1 Å². The lowest BCUT2D eigenvalue weighted by molar-refractivity contribution is -0.127. The summed E-state index contributed by atoms with van der Waals surface area (Å²) in [6.07, 6.45) is 5.10. The highest BCUT2D eigenvalue weighted by atomic mass is 16.1. The Balaban J connectivity index is 3.47. The van der Waals surface area contributed by atoms with Crippen molar-refractivity contribution in [2.45, 2.75) is 59.8 Å². The van der Waals surface area contributed by atoms with Crippen LogP contribution in [0.25, 0.3) is 0 Å². The van der Waals surface area contributed by atoms with Crippen molar-refractivity contribution in [3.63, 3.8) is 0 Å². The van der Waals surface area contributed by atoms with E-state index in [1.807, 2.05) is 13.8 Å². The molecule has 1 N–H and O–H groups in total. The van der Waals surface area contributed by atoms with Gasteiger partial charge in [0.2, 0.25) is 0 Å². The van der Waals surface area contributed by atoms with Crippen LogP contribution in [0.1, 0.15) is 59.8 Å². The average Bonchev–Trinajstić information content (AvgIpc) is 2.22. The number of ketones is 1. The molecule has 0 aliphatic rings. The first kappa shape index (κ1) is 14.6. The van der Waals surface area contributed by atoms with Crippen molar-refractivity contribution < 1.29 is 4.79 Å². The van der Waals surface area contributed by atoms with Gasteiger partial charge in [0.05, 0.1) is 0 Å². The summed E-state index contributed by atoms with van der Waals surface area (Å²) >= 11 is 0. The molecule has 0 fully saturated rings. The Labute approximate surface area is 94.8 Å². The molecular weight excluding hydrogens is 186 g/mol. The highest BCUT2D eigenvalue weighted by molar-refractivity contribution is 5.83. The molecule has 0 aliphatic heterocycles. The van der Waals surface area contributed by atoms with Crippen LogP contribution in [-0.2, 0) is 4.79 Å². The lowest BCUT2D eigenvalue weighted by atomic mass is 9.83. The molecule has 0 unspecified atom stereocenters. The van der Waals surface area contributed by atoms with Crippen molar-refractivity contribution in [1.82, 2.24) is 5.32 Å². The van der Waals surface area contributed by atoms with Gasteiger partial charge < -0.3 is 5.32 Å². The fourth-order valence-corrected chi connectivity index (χ4v) is 1.34. The zero-order valence-corrected chi connectivity index (χ0v) is 10.9. The molecule has 0 aromatic rings. The topological polar surface area (TPSA) is 29.1 Å². The van der Waals surface area contributed by atoms with Crippen LogP contribution >= 0.6 is 0 Å². The number of hydrogen-bond acceptors (Lipinski definition) is 2. The lowest BCUT2D eigenvalue weighted by Gasteiger charge is -2.20. The van der Waals surface area contributed by atoms with Gasteiger partial charge in [0.15, 0.2) is 0 Å². The summed E-state index contributed by atoms with van der Waals surface area (Å²) in [6, 6.07) is 0. The molecule has 0 heterocycles. The summed E-state index contributed by atoms with van der Waals surface area (Å²) in [5.74, 6) is 0.405. The molecule has 0 aliphatic carbocycles. The van der Waals surface area contributed by atoms with Gasteiger partial charge in [-0.25, -0.2) is 0 Å². The quantitative estimate of drug-likeness (QED) is 0.596. The molecule has 0 atom stereocenters. The molecule has 0 amide bonds. The predicted octanol–water partition coefficient (Wildman–Crippen LogP) is 3.16. The van der Waals surface area contributed by atoms with E-state index >= 15 is 0 Å². The van der Waals surface area contributed by atoms with Crippen molar-refractivity contribution in [3.8, 4) is 0 Å². The zero-order valence-electron chi connectivity index (χ0n) is 10.9. The van der Waals surface area contributed by atoms with Gasteiger partial charge in [-0.2, -0.15) is 0 Å². The van der Waals surface area contributed by atoms with Crippen molar-refractivity contribution >= 4 is 5.78 Å². The largest absolute Gasteiger partial charge is 0.317 e. The maximum atomic E-state index is 11.8. The highest BCUT2D eigenvalue weighted by Crippen LogP contribution is 2.22. The third kappa shape index (κ3) is 6.67. The van der Waals surface area contributed by atoms with E-state index in [1.54, 1.807) is 0 Å². The van der Waals surface area contributed by atoms with Gasteiger partial charge in [-0.05, 0) is 32.4 Å². The number of hydrogen-bond donors (Lipinski definition) is 1. The number of nitrogens with one attached hydrogen (secondary N) is 1. The van der Waals surface area contributed by atoms with Crippen molar-refractivity contribution in [3.05, 3.63) is 0 Å². The third-order valence-corrected chi connectivity index (χ3v) is 3.10. The van der Waals surface area contributed by atoms with E-state index in [0.717, 1.165) is 32.4 Å². The minimum atomic E-state index is -0.122. The first-order valence-electron chi connectivity index (χ1n) is 6.28. The second-order valence-corrected chi connectivity index (χ2v) is 4.87. The minimum absolute atomic E-state index is 0.122. The molecule has 2 heteroatoms. The fraction of sp³-hybridized carbons (Fsp3) is 0.923. The molecule has 0 saturated heterocycles. The number of Topliss-reactive ketones (excluding diaryl/α,β-unsaturated/α-hetero) is 1. The summed E-state index contributed by atoms with van der Waals surface area (Å²) in [6.45, 7) is 10.4. The molecule has 0 aromatic heterocycles. The molecule has 0 saturated carbocycles. The summed E-state index contributed by atoms with van der Waals surface area (Å²) in [4.78, 5) is 11.8. The number of unbranched alkanes of at least 4 members (excludes halogenated alkanes) is 1. The maximum absolute atomic E-state index is 11.8. The molecule has 0 radical (unpaired) electrons. The van der Waals surface area contributed by atoms with Crippen LogP contribution < -0.4 is 5.32 Å². The van der Waals surface area contributed by atoms with Crippen LogP contribution in [0.15, 0.2) is 0 Å². The number of carbonyl (C=O) groups excluding carboxylic acids is 1. The maximum Gasteiger partial charge on any atom is 0.138 e. The van der Waals surface area contributed by atoms with Crippen LogP contribution in [0.2, 0.25) is 0 Å². The normalized spacial score (nSPS) is 11.7. The summed E-state index contributed by atoms with van der Waals surface area (Å²) in [5, 5.41) is 3.36. The molecule has 2 nitrogen and oxygen atoms in total. The Hall–Kier alpha value is -0.370. The van der Waals surface area contributed by atoms with E-state index in [-0.39, 0.29) is 5.41 Å². The second kappa shape index (κ2) is 7.86. The van der Waals surface area contributed by atoms with Crippen LogP contribution in [0.4, 0.5) is 0 Å². The van der Waals surface area contributed by atoms with Gasteiger partial charge in [0.25, 0.3) is 0 Å². The Bertz CT molecular complexity index is 175. The van der Waals surface area contributed by atoms with E-state index < -0.39 is 0 Å². The molecule has 90 valence electrons. The van der Waals surface area contributed by atoms with Crippen LogP contribution in [0.3, 0.4) is 0 Å². The van der Waals surface area contributed by atoms with Crippen LogP contribution in [0, 0.1) is 5.41 Å². The Morgan fingerprint density at radius 1 is 1.13 bits per heavy atom. The molecule has 0 rings (SSSR count).